The normalized spacial score (nSPS) is 11.9. The van der Waals surface area contributed by atoms with E-state index < -0.39 is 7.60 Å². The standard InChI is InChI=1S/C25H24Cl2NO3P/c1-3-30-32(29,31-4-2)16-17-9-11-18(12-10-17)25-24(20-14-13-19(26)15-22(20)27)21-7-5-6-8-23(21)28-25/h5-15,28H,3-4,16H2,1-2H3. The van der Waals surface area contributed by atoms with Crippen LogP contribution in [0.3, 0.4) is 0 Å². The Morgan fingerprint density at radius 3 is 2.25 bits per heavy atom. The number of benzene rings is 3. The maximum absolute atomic E-state index is 12.9. The van der Waals surface area contributed by atoms with E-state index in [4.69, 9.17) is 32.2 Å². The zero-order valence-electron chi connectivity index (χ0n) is 17.9. The molecule has 0 unspecified atom stereocenters. The fraction of sp³-hybridized carbons (Fsp3) is 0.200. The van der Waals surface area contributed by atoms with Gasteiger partial charge in [0, 0.05) is 32.1 Å². The zero-order valence-corrected chi connectivity index (χ0v) is 20.3. The average molecular weight is 488 g/mol. The molecule has 0 amide bonds. The van der Waals surface area contributed by atoms with Crippen LogP contribution >= 0.6 is 30.8 Å². The summed E-state index contributed by atoms with van der Waals surface area (Å²) in [6, 6.07) is 21.6. The lowest BCUT2D eigenvalue weighted by atomic mass is 9.98. The van der Waals surface area contributed by atoms with Gasteiger partial charge in [0.1, 0.15) is 0 Å². The van der Waals surface area contributed by atoms with Crippen molar-refractivity contribution in [3.8, 4) is 22.4 Å². The highest BCUT2D eigenvalue weighted by atomic mass is 35.5. The summed E-state index contributed by atoms with van der Waals surface area (Å²) in [5.74, 6) is 0. The van der Waals surface area contributed by atoms with Gasteiger partial charge in [0.15, 0.2) is 0 Å². The quantitative estimate of drug-likeness (QED) is 0.253. The van der Waals surface area contributed by atoms with E-state index in [1.165, 1.54) is 0 Å². The molecule has 0 spiro atoms. The third-order valence-electron chi connectivity index (χ3n) is 5.18. The van der Waals surface area contributed by atoms with Crippen LogP contribution in [0.25, 0.3) is 33.3 Å². The first-order chi connectivity index (χ1) is 15.4. The highest BCUT2D eigenvalue weighted by Crippen LogP contribution is 2.51. The molecular weight excluding hydrogens is 464 g/mol. The number of aromatic nitrogens is 1. The number of aromatic amines is 1. The Labute approximate surface area is 198 Å². The molecule has 1 heterocycles. The van der Waals surface area contributed by atoms with Crippen LogP contribution in [0.15, 0.2) is 66.7 Å². The SMILES string of the molecule is CCOP(=O)(Cc1ccc(-c2[nH]c3ccccc3c2-c2ccc(Cl)cc2Cl)cc1)OCC. The van der Waals surface area contributed by atoms with E-state index in [0.29, 0.717) is 23.3 Å². The maximum atomic E-state index is 12.9. The van der Waals surface area contributed by atoms with Gasteiger partial charge >= 0.3 is 7.60 Å². The lowest BCUT2D eigenvalue weighted by Crippen LogP contribution is -1.99. The van der Waals surface area contributed by atoms with Crippen molar-refractivity contribution in [3.05, 3.63) is 82.3 Å². The molecule has 0 atom stereocenters. The van der Waals surface area contributed by atoms with Gasteiger partial charge in [-0.3, -0.25) is 4.57 Å². The van der Waals surface area contributed by atoms with Gasteiger partial charge in [0.05, 0.1) is 25.1 Å². The van der Waals surface area contributed by atoms with E-state index in [-0.39, 0.29) is 6.16 Å². The van der Waals surface area contributed by atoms with Gasteiger partial charge in [-0.25, -0.2) is 0 Å². The van der Waals surface area contributed by atoms with Gasteiger partial charge in [-0.15, -0.1) is 0 Å². The number of hydrogen-bond donors (Lipinski definition) is 1. The van der Waals surface area contributed by atoms with Crippen molar-refractivity contribution in [1.29, 1.82) is 0 Å². The van der Waals surface area contributed by atoms with Crippen molar-refractivity contribution < 1.29 is 13.6 Å². The third-order valence-corrected chi connectivity index (χ3v) is 7.78. The summed E-state index contributed by atoms with van der Waals surface area (Å²) < 4.78 is 23.7. The summed E-state index contributed by atoms with van der Waals surface area (Å²) in [5.41, 5.74) is 5.79. The van der Waals surface area contributed by atoms with Crippen molar-refractivity contribution >= 4 is 41.7 Å². The lowest BCUT2D eigenvalue weighted by molar-refractivity contribution is 0.219. The molecule has 4 nitrogen and oxygen atoms in total. The Morgan fingerprint density at radius 2 is 1.59 bits per heavy atom. The van der Waals surface area contributed by atoms with Crippen LogP contribution in [-0.2, 0) is 19.8 Å². The van der Waals surface area contributed by atoms with E-state index in [9.17, 15) is 4.57 Å². The van der Waals surface area contributed by atoms with Gasteiger partial charge in [-0.1, -0.05) is 71.7 Å². The van der Waals surface area contributed by atoms with Crippen molar-refractivity contribution in [2.24, 2.45) is 0 Å². The number of H-pyrrole nitrogens is 1. The third kappa shape index (κ3) is 4.80. The predicted molar refractivity (Wildman–Crippen MR) is 134 cm³/mol. The van der Waals surface area contributed by atoms with Crippen LogP contribution < -0.4 is 0 Å². The van der Waals surface area contributed by atoms with Gasteiger partial charge in [-0.05, 0) is 43.2 Å². The monoisotopic (exact) mass is 487 g/mol. The molecule has 1 N–H and O–H groups in total. The van der Waals surface area contributed by atoms with Crippen molar-refractivity contribution in [2.75, 3.05) is 13.2 Å². The Bertz CT molecular complexity index is 1270. The van der Waals surface area contributed by atoms with E-state index >= 15 is 0 Å². The Morgan fingerprint density at radius 1 is 0.906 bits per heavy atom. The number of nitrogens with one attached hydrogen (secondary N) is 1. The van der Waals surface area contributed by atoms with E-state index in [0.717, 1.165) is 38.9 Å². The molecule has 0 radical (unpaired) electrons. The molecule has 0 aliphatic carbocycles. The van der Waals surface area contributed by atoms with Gasteiger partial charge in [-0.2, -0.15) is 0 Å². The van der Waals surface area contributed by atoms with Crippen molar-refractivity contribution in [2.45, 2.75) is 20.0 Å². The second-order valence-corrected chi connectivity index (χ2v) is 10.2. The van der Waals surface area contributed by atoms with Crippen LogP contribution in [0.2, 0.25) is 10.0 Å². The highest BCUT2D eigenvalue weighted by Gasteiger charge is 2.24. The van der Waals surface area contributed by atoms with Crippen LogP contribution in [0.1, 0.15) is 19.4 Å². The minimum absolute atomic E-state index is 0.234. The molecule has 7 heteroatoms. The molecular formula is C25H24Cl2NO3P. The number of rotatable bonds is 8. The van der Waals surface area contributed by atoms with Crippen LogP contribution in [0, 0.1) is 0 Å². The minimum atomic E-state index is -3.16. The summed E-state index contributed by atoms with van der Waals surface area (Å²) in [4.78, 5) is 3.53. The molecule has 1 aromatic heterocycles. The first-order valence-corrected chi connectivity index (χ1v) is 13.0. The molecule has 32 heavy (non-hydrogen) atoms. The molecule has 0 saturated heterocycles. The molecule has 0 bridgehead atoms. The number of fused-ring (bicyclic) bond motifs is 1. The molecule has 0 fully saturated rings. The molecule has 0 aliphatic heterocycles. The van der Waals surface area contributed by atoms with Gasteiger partial charge in [0.2, 0.25) is 0 Å². The van der Waals surface area contributed by atoms with Crippen LogP contribution in [0.4, 0.5) is 0 Å². The van der Waals surface area contributed by atoms with Gasteiger partial charge in [0.25, 0.3) is 0 Å². The van der Waals surface area contributed by atoms with E-state index in [1.807, 2.05) is 68.4 Å². The Hall–Kier alpha value is -2.07. The first-order valence-electron chi connectivity index (χ1n) is 10.5. The van der Waals surface area contributed by atoms with Crippen LogP contribution in [-0.4, -0.2) is 18.2 Å². The molecule has 0 aliphatic rings. The van der Waals surface area contributed by atoms with E-state index in [2.05, 4.69) is 11.1 Å². The number of hydrogen-bond acceptors (Lipinski definition) is 3. The molecule has 4 aromatic rings. The second kappa shape index (κ2) is 9.82. The molecule has 0 saturated carbocycles. The fourth-order valence-corrected chi connectivity index (χ4v) is 6.06. The van der Waals surface area contributed by atoms with Gasteiger partial charge < -0.3 is 14.0 Å². The molecule has 166 valence electrons. The smallest absolute Gasteiger partial charge is 0.335 e. The number of halogens is 2. The summed E-state index contributed by atoms with van der Waals surface area (Å²) >= 11 is 12.7. The maximum Gasteiger partial charge on any atom is 0.335 e. The largest absolute Gasteiger partial charge is 0.354 e. The Kier molecular flexibility index (Phi) is 7.09. The summed E-state index contributed by atoms with van der Waals surface area (Å²) in [5, 5.41) is 2.26. The zero-order chi connectivity index (χ0) is 22.7. The van der Waals surface area contributed by atoms with E-state index in [1.54, 1.807) is 6.07 Å². The van der Waals surface area contributed by atoms with Crippen molar-refractivity contribution in [1.82, 2.24) is 4.98 Å². The minimum Gasteiger partial charge on any atom is -0.354 e. The van der Waals surface area contributed by atoms with Crippen molar-refractivity contribution in [3.63, 3.8) is 0 Å². The second-order valence-electron chi connectivity index (χ2n) is 7.35. The predicted octanol–water partition coefficient (Wildman–Crippen LogP) is 8.57. The molecule has 4 rings (SSSR count). The van der Waals surface area contributed by atoms with Crippen LogP contribution in [0.5, 0.6) is 0 Å². The number of para-hydroxylation sites is 1. The Balaban J connectivity index is 1.77. The highest BCUT2D eigenvalue weighted by molar-refractivity contribution is 7.53. The summed E-state index contributed by atoms with van der Waals surface area (Å²) in [6.07, 6.45) is 0.234. The first kappa shape index (κ1) is 23.1. The average Bonchev–Trinajstić information content (AvgIpc) is 3.14. The fourth-order valence-electron chi connectivity index (χ4n) is 3.85. The summed E-state index contributed by atoms with van der Waals surface area (Å²) in [6.45, 7) is 4.31. The lowest BCUT2D eigenvalue weighted by Gasteiger charge is -2.17. The molecule has 3 aromatic carbocycles. The topological polar surface area (TPSA) is 51.3 Å². The summed E-state index contributed by atoms with van der Waals surface area (Å²) in [7, 11) is -3.16.